The number of ether oxygens (including phenoxy) is 1. The summed E-state index contributed by atoms with van der Waals surface area (Å²) in [5, 5.41) is 3.55. The van der Waals surface area contributed by atoms with E-state index in [9.17, 15) is 0 Å². The Balaban J connectivity index is 1.84. The minimum Gasteiger partial charge on any atom is -0.497 e. The molecule has 3 heteroatoms. The quantitative estimate of drug-likeness (QED) is 0.856. The second-order valence-corrected chi connectivity index (χ2v) is 5.88. The average molecular weight is 334 g/mol. The fourth-order valence-corrected chi connectivity index (χ4v) is 2.57. The molecule has 0 aliphatic rings. The number of hydrogen-bond donors (Lipinski definition) is 1. The number of nitrogens with one attached hydrogen (secondary N) is 1. The first-order valence-corrected chi connectivity index (χ1v) is 7.57. The second kappa shape index (κ2) is 7.46. The SMILES string of the molecule is COc1ccc(C[C@@H](C)NCc2cccc(Br)c2)cc1. The summed E-state index contributed by atoms with van der Waals surface area (Å²) in [6.45, 7) is 3.10. The van der Waals surface area contributed by atoms with Crippen molar-refractivity contribution in [1.29, 1.82) is 0 Å². The molecule has 0 fully saturated rings. The fraction of sp³-hybridized carbons (Fsp3) is 0.294. The maximum atomic E-state index is 5.17. The van der Waals surface area contributed by atoms with Gasteiger partial charge in [-0.15, -0.1) is 0 Å². The van der Waals surface area contributed by atoms with E-state index in [1.807, 2.05) is 18.2 Å². The second-order valence-electron chi connectivity index (χ2n) is 4.96. The van der Waals surface area contributed by atoms with Gasteiger partial charge in [-0.2, -0.15) is 0 Å². The largest absolute Gasteiger partial charge is 0.497 e. The predicted octanol–water partition coefficient (Wildman–Crippen LogP) is 4.18. The third-order valence-electron chi connectivity index (χ3n) is 3.24. The van der Waals surface area contributed by atoms with Crippen LogP contribution in [0.2, 0.25) is 0 Å². The van der Waals surface area contributed by atoms with Crippen LogP contribution >= 0.6 is 15.9 Å². The Morgan fingerprint density at radius 2 is 1.85 bits per heavy atom. The fourth-order valence-electron chi connectivity index (χ4n) is 2.13. The van der Waals surface area contributed by atoms with Crippen LogP contribution in [-0.2, 0) is 13.0 Å². The Morgan fingerprint density at radius 1 is 1.10 bits per heavy atom. The highest BCUT2D eigenvalue weighted by Gasteiger charge is 2.04. The first-order valence-electron chi connectivity index (χ1n) is 6.78. The van der Waals surface area contributed by atoms with Crippen LogP contribution in [-0.4, -0.2) is 13.2 Å². The van der Waals surface area contributed by atoms with Crippen molar-refractivity contribution in [3.05, 3.63) is 64.1 Å². The van der Waals surface area contributed by atoms with Gasteiger partial charge in [0.2, 0.25) is 0 Å². The smallest absolute Gasteiger partial charge is 0.118 e. The van der Waals surface area contributed by atoms with Crippen LogP contribution in [0.25, 0.3) is 0 Å². The highest BCUT2D eigenvalue weighted by atomic mass is 79.9. The lowest BCUT2D eigenvalue weighted by Gasteiger charge is -2.14. The number of halogens is 1. The van der Waals surface area contributed by atoms with E-state index in [4.69, 9.17) is 4.74 Å². The van der Waals surface area contributed by atoms with Gasteiger partial charge in [0, 0.05) is 17.1 Å². The van der Waals surface area contributed by atoms with Gasteiger partial charge in [-0.05, 0) is 48.7 Å². The third kappa shape index (κ3) is 4.66. The summed E-state index contributed by atoms with van der Waals surface area (Å²) in [4.78, 5) is 0. The van der Waals surface area contributed by atoms with Gasteiger partial charge in [-0.3, -0.25) is 0 Å². The molecule has 0 saturated carbocycles. The summed E-state index contributed by atoms with van der Waals surface area (Å²) >= 11 is 3.50. The van der Waals surface area contributed by atoms with Crippen LogP contribution in [0, 0.1) is 0 Å². The molecule has 20 heavy (non-hydrogen) atoms. The summed E-state index contributed by atoms with van der Waals surface area (Å²) < 4.78 is 6.30. The molecular formula is C17H20BrNO. The molecular weight excluding hydrogens is 314 g/mol. The first-order chi connectivity index (χ1) is 9.67. The van der Waals surface area contributed by atoms with Crippen molar-refractivity contribution in [1.82, 2.24) is 5.32 Å². The average Bonchev–Trinajstić information content (AvgIpc) is 2.46. The lowest BCUT2D eigenvalue weighted by molar-refractivity contribution is 0.414. The maximum Gasteiger partial charge on any atom is 0.118 e. The van der Waals surface area contributed by atoms with Gasteiger partial charge < -0.3 is 10.1 Å². The molecule has 2 aromatic carbocycles. The van der Waals surface area contributed by atoms with E-state index in [2.05, 4.69) is 58.5 Å². The Kier molecular flexibility index (Phi) is 5.62. The molecule has 2 nitrogen and oxygen atoms in total. The van der Waals surface area contributed by atoms with E-state index >= 15 is 0 Å². The summed E-state index contributed by atoms with van der Waals surface area (Å²) in [5.41, 5.74) is 2.61. The lowest BCUT2D eigenvalue weighted by atomic mass is 10.1. The van der Waals surface area contributed by atoms with Crippen LogP contribution in [0.5, 0.6) is 5.75 Å². The zero-order chi connectivity index (χ0) is 14.4. The molecule has 0 aliphatic carbocycles. The van der Waals surface area contributed by atoms with Crippen molar-refractivity contribution in [2.75, 3.05) is 7.11 Å². The molecule has 0 radical (unpaired) electrons. The first kappa shape index (κ1) is 15.1. The van der Waals surface area contributed by atoms with E-state index in [0.717, 1.165) is 23.2 Å². The monoisotopic (exact) mass is 333 g/mol. The van der Waals surface area contributed by atoms with E-state index in [0.29, 0.717) is 6.04 Å². The number of methoxy groups -OCH3 is 1. The third-order valence-corrected chi connectivity index (χ3v) is 3.74. The van der Waals surface area contributed by atoms with Gasteiger partial charge in [-0.25, -0.2) is 0 Å². The van der Waals surface area contributed by atoms with Crippen molar-refractivity contribution in [3.63, 3.8) is 0 Å². The molecule has 0 saturated heterocycles. The Labute approximate surface area is 129 Å². The molecule has 0 bridgehead atoms. The molecule has 2 aromatic rings. The normalized spacial score (nSPS) is 12.2. The summed E-state index contributed by atoms with van der Waals surface area (Å²) in [6, 6.07) is 17.1. The van der Waals surface area contributed by atoms with Crippen LogP contribution in [0.4, 0.5) is 0 Å². The van der Waals surface area contributed by atoms with Gasteiger partial charge in [0.15, 0.2) is 0 Å². The Morgan fingerprint density at radius 3 is 2.50 bits per heavy atom. The van der Waals surface area contributed by atoms with Gasteiger partial charge in [0.25, 0.3) is 0 Å². The summed E-state index contributed by atoms with van der Waals surface area (Å²) in [5.74, 6) is 0.906. The van der Waals surface area contributed by atoms with E-state index < -0.39 is 0 Å². The van der Waals surface area contributed by atoms with Crippen molar-refractivity contribution >= 4 is 15.9 Å². The van der Waals surface area contributed by atoms with E-state index in [1.54, 1.807) is 7.11 Å². The van der Waals surface area contributed by atoms with Crippen molar-refractivity contribution in [2.45, 2.75) is 25.9 Å². The van der Waals surface area contributed by atoms with Crippen molar-refractivity contribution in [2.24, 2.45) is 0 Å². The summed E-state index contributed by atoms with van der Waals surface area (Å²) in [6.07, 6.45) is 1.01. The zero-order valence-corrected chi connectivity index (χ0v) is 13.5. The minimum absolute atomic E-state index is 0.433. The Bertz CT molecular complexity index is 539. The number of benzene rings is 2. The lowest BCUT2D eigenvalue weighted by Crippen LogP contribution is -2.27. The molecule has 0 spiro atoms. The molecule has 106 valence electrons. The van der Waals surface area contributed by atoms with Crippen LogP contribution in [0.15, 0.2) is 53.0 Å². The predicted molar refractivity (Wildman–Crippen MR) is 87.1 cm³/mol. The molecule has 1 N–H and O–H groups in total. The highest BCUT2D eigenvalue weighted by Crippen LogP contribution is 2.14. The molecule has 0 aromatic heterocycles. The topological polar surface area (TPSA) is 21.3 Å². The standard InChI is InChI=1S/C17H20BrNO/c1-13(10-14-6-8-17(20-2)9-7-14)19-12-15-4-3-5-16(18)11-15/h3-9,11,13,19H,10,12H2,1-2H3/t13-/m1/s1. The number of hydrogen-bond acceptors (Lipinski definition) is 2. The van der Waals surface area contributed by atoms with Crippen molar-refractivity contribution in [3.8, 4) is 5.75 Å². The molecule has 0 aliphatic heterocycles. The van der Waals surface area contributed by atoms with Crippen LogP contribution in [0.1, 0.15) is 18.1 Å². The molecule has 1 atom stereocenters. The van der Waals surface area contributed by atoms with Gasteiger partial charge in [-0.1, -0.05) is 40.2 Å². The van der Waals surface area contributed by atoms with Crippen molar-refractivity contribution < 1.29 is 4.74 Å². The summed E-state index contributed by atoms with van der Waals surface area (Å²) in [7, 11) is 1.69. The van der Waals surface area contributed by atoms with Crippen LogP contribution in [0.3, 0.4) is 0 Å². The Hall–Kier alpha value is -1.32. The van der Waals surface area contributed by atoms with Gasteiger partial charge in [0.05, 0.1) is 7.11 Å². The van der Waals surface area contributed by atoms with E-state index in [-0.39, 0.29) is 0 Å². The maximum absolute atomic E-state index is 5.17. The van der Waals surface area contributed by atoms with Gasteiger partial charge in [0.1, 0.15) is 5.75 Å². The number of rotatable bonds is 6. The molecule has 2 rings (SSSR count). The van der Waals surface area contributed by atoms with Crippen LogP contribution < -0.4 is 10.1 Å². The molecule has 0 amide bonds. The highest BCUT2D eigenvalue weighted by molar-refractivity contribution is 9.10. The van der Waals surface area contributed by atoms with E-state index in [1.165, 1.54) is 11.1 Å². The van der Waals surface area contributed by atoms with Gasteiger partial charge >= 0.3 is 0 Å². The molecule has 0 heterocycles. The zero-order valence-electron chi connectivity index (χ0n) is 11.9. The molecule has 0 unspecified atom stereocenters. The minimum atomic E-state index is 0.433.